The molecule has 5 heteroatoms. The van der Waals surface area contributed by atoms with Gasteiger partial charge in [0.05, 0.1) is 6.07 Å². The van der Waals surface area contributed by atoms with E-state index in [0.29, 0.717) is 6.42 Å². The first-order valence-electron chi connectivity index (χ1n) is 6.55. The molecule has 0 aliphatic rings. The number of nitrogens with zero attached hydrogens (tertiary/aromatic N) is 1. The summed E-state index contributed by atoms with van der Waals surface area (Å²) >= 11 is 0. The molecule has 0 radical (unpaired) electrons. The van der Waals surface area contributed by atoms with E-state index in [1.54, 1.807) is 6.92 Å². The fourth-order valence-corrected chi connectivity index (χ4v) is 1.82. The van der Waals surface area contributed by atoms with E-state index < -0.39 is 11.9 Å². The van der Waals surface area contributed by atoms with Crippen LogP contribution < -0.4 is 11.1 Å². The molecule has 0 aliphatic heterocycles. The predicted molar refractivity (Wildman–Crippen MR) is 75.3 cm³/mol. The van der Waals surface area contributed by atoms with Crippen LogP contribution >= 0.6 is 0 Å². The smallest absolute Gasteiger partial charge is 0.240 e. The molecule has 0 spiro atoms. The Morgan fingerprint density at radius 2 is 2.00 bits per heavy atom. The minimum atomic E-state index is -0.784. The van der Waals surface area contributed by atoms with Crippen LogP contribution in [0.5, 0.6) is 0 Å². The van der Waals surface area contributed by atoms with Gasteiger partial charge in [-0.2, -0.15) is 5.26 Å². The van der Waals surface area contributed by atoms with Crippen molar-refractivity contribution in [1.82, 2.24) is 5.32 Å². The van der Waals surface area contributed by atoms with Crippen molar-refractivity contribution in [2.45, 2.75) is 32.2 Å². The number of hydrogen-bond acceptors (Lipinski definition) is 3. The highest BCUT2D eigenvalue weighted by atomic mass is 16.2. The van der Waals surface area contributed by atoms with Gasteiger partial charge >= 0.3 is 0 Å². The van der Waals surface area contributed by atoms with Gasteiger partial charge in [-0.05, 0) is 25.3 Å². The fourth-order valence-electron chi connectivity index (χ4n) is 1.82. The molecule has 0 aromatic heterocycles. The van der Waals surface area contributed by atoms with Crippen LogP contribution in [0, 0.1) is 17.2 Å². The van der Waals surface area contributed by atoms with Gasteiger partial charge in [0.1, 0.15) is 6.04 Å². The van der Waals surface area contributed by atoms with E-state index in [0.717, 1.165) is 5.56 Å². The van der Waals surface area contributed by atoms with E-state index in [9.17, 15) is 9.59 Å². The highest BCUT2D eigenvalue weighted by molar-refractivity contribution is 5.86. The predicted octanol–water partition coefficient (Wildman–Crippen LogP) is 1.14. The minimum absolute atomic E-state index is 0.234. The summed E-state index contributed by atoms with van der Waals surface area (Å²) in [5.41, 5.74) is 6.29. The molecule has 0 saturated carbocycles. The second-order valence-electron chi connectivity index (χ2n) is 4.77. The molecule has 0 heterocycles. The van der Waals surface area contributed by atoms with Gasteiger partial charge in [-0.15, -0.1) is 0 Å². The monoisotopic (exact) mass is 273 g/mol. The Morgan fingerprint density at radius 1 is 1.35 bits per heavy atom. The van der Waals surface area contributed by atoms with Crippen LogP contribution in [0.1, 0.15) is 25.3 Å². The Balaban J connectivity index is 2.46. The number of carbonyl (C=O) groups excluding carboxylic acids is 2. The van der Waals surface area contributed by atoms with Gasteiger partial charge in [-0.1, -0.05) is 30.3 Å². The van der Waals surface area contributed by atoms with Gasteiger partial charge in [0, 0.05) is 12.3 Å². The van der Waals surface area contributed by atoms with Crippen molar-refractivity contribution >= 4 is 11.8 Å². The molecule has 1 rings (SSSR count). The Kier molecular flexibility index (Phi) is 6.24. The molecule has 0 unspecified atom stereocenters. The molecule has 20 heavy (non-hydrogen) atoms. The summed E-state index contributed by atoms with van der Waals surface area (Å²) in [6.45, 7) is 1.69. The van der Waals surface area contributed by atoms with Gasteiger partial charge in [0.2, 0.25) is 11.8 Å². The summed E-state index contributed by atoms with van der Waals surface area (Å²) in [4.78, 5) is 23.1. The standard InChI is InChI=1S/C15H19N3O2/c1-11(10-16)9-13(15(17)20)18-14(19)8-7-12-5-3-2-4-6-12/h2-6,11,13H,7-9H2,1H3,(H2,17,20)(H,18,19)/t11-,13-/m1/s1. The van der Waals surface area contributed by atoms with E-state index >= 15 is 0 Å². The maximum Gasteiger partial charge on any atom is 0.240 e. The average Bonchev–Trinajstić information content (AvgIpc) is 2.45. The molecule has 106 valence electrons. The number of primary amides is 1. The van der Waals surface area contributed by atoms with E-state index in [4.69, 9.17) is 11.0 Å². The molecule has 1 aromatic rings. The van der Waals surface area contributed by atoms with E-state index in [1.807, 2.05) is 36.4 Å². The van der Waals surface area contributed by atoms with Crippen molar-refractivity contribution < 1.29 is 9.59 Å². The zero-order valence-corrected chi connectivity index (χ0v) is 11.5. The lowest BCUT2D eigenvalue weighted by atomic mass is 10.0. The first-order valence-corrected chi connectivity index (χ1v) is 6.55. The summed E-state index contributed by atoms with van der Waals surface area (Å²) in [6, 6.07) is 10.9. The minimum Gasteiger partial charge on any atom is -0.368 e. The number of carbonyl (C=O) groups is 2. The van der Waals surface area contributed by atoms with Crippen molar-refractivity contribution in [3.05, 3.63) is 35.9 Å². The lowest BCUT2D eigenvalue weighted by molar-refractivity contribution is -0.127. The molecule has 0 saturated heterocycles. The van der Waals surface area contributed by atoms with Crippen LogP contribution in [0.3, 0.4) is 0 Å². The normalized spacial score (nSPS) is 13.0. The van der Waals surface area contributed by atoms with Gasteiger partial charge in [0.15, 0.2) is 0 Å². The molecule has 0 aliphatic carbocycles. The summed E-state index contributed by atoms with van der Waals surface area (Å²) in [5, 5.41) is 11.3. The van der Waals surface area contributed by atoms with Crippen molar-refractivity contribution in [2.24, 2.45) is 11.7 Å². The van der Waals surface area contributed by atoms with Crippen molar-refractivity contribution in [1.29, 1.82) is 5.26 Å². The van der Waals surface area contributed by atoms with E-state index in [1.165, 1.54) is 0 Å². The van der Waals surface area contributed by atoms with Crippen LogP contribution in [0.2, 0.25) is 0 Å². The highest BCUT2D eigenvalue weighted by Crippen LogP contribution is 2.06. The first kappa shape index (κ1) is 15.7. The molecular weight excluding hydrogens is 254 g/mol. The van der Waals surface area contributed by atoms with Crippen molar-refractivity contribution in [3.63, 3.8) is 0 Å². The zero-order chi connectivity index (χ0) is 15.0. The van der Waals surface area contributed by atoms with Gasteiger partial charge in [0.25, 0.3) is 0 Å². The Labute approximate surface area is 118 Å². The number of aryl methyl sites for hydroxylation is 1. The molecule has 5 nitrogen and oxygen atoms in total. The SMILES string of the molecule is C[C@@H](C#N)C[C@@H](NC(=O)CCc1ccccc1)C(N)=O. The third-order valence-electron chi connectivity index (χ3n) is 2.97. The van der Waals surface area contributed by atoms with Crippen LogP contribution in [0.15, 0.2) is 30.3 Å². The highest BCUT2D eigenvalue weighted by Gasteiger charge is 2.20. The fraction of sp³-hybridized carbons (Fsp3) is 0.400. The Morgan fingerprint density at radius 3 is 2.55 bits per heavy atom. The molecule has 1 aromatic carbocycles. The topological polar surface area (TPSA) is 96.0 Å². The summed E-state index contributed by atoms with van der Waals surface area (Å²) in [6.07, 6.45) is 1.13. The number of rotatable bonds is 7. The quantitative estimate of drug-likeness (QED) is 0.779. The lowest BCUT2D eigenvalue weighted by Crippen LogP contribution is -2.45. The number of nitriles is 1. The van der Waals surface area contributed by atoms with Crippen LogP contribution in [0.25, 0.3) is 0 Å². The number of nitrogens with one attached hydrogen (secondary N) is 1. The maximum absolute atomic E-state index is 11.8. The van der Waals surface area contributed by atoms with Crippen LogP contribution in [-0.4, -0.2) is 17.9 Å². The van der Waals surface area contributed by atoms with E-state index in [-0.39, 0.29) is 24.7 Å². The lowest BCUT2D eigenvalue weighted by Gasteiger charge is -2.16. The summed E-state index contributed by atoms with van der Waals surface area (Å²) in [7, 11) is 0. The van der Waals surface area contributed by atoms with Crippen LogP contribution in [0.4, 0.5) is 0 Å². The van der Waals surface area contributed by atoms with Gasteiger partial charge in [-0.25, -0.2) is 0 Å². The largest absolute Gasteiger partial charge is 0.368 e. The average molecular weight is 273 g/mol. The second-order valence-corrected chi connectivity index (χ2v) is 4.77. The third kappa shape index (κ3) is 5.53. The summed E-state index contributed by atoms with van der Waals surface area (Å²) in [5.74, 6) is -1.18. The van der Waals surface area contributed by atoms with Crippen molar-refractivity contribution in [2.75, 3.05) is 0 Å². The molecule has 3 N–H and O–H groups in total. The molecule has 2 amide bonds. The summed E-state index contributed by atoms with van der Waals surface area (Å²) < 4.78 is 0. The van der Waals surface area contributed by atoms with Gasteiger partial charge < -0.3 is 11.1 Å². The number of hydrogen-bond donors (Lipinski definition) is 2. The number of nitrogens with two attached hydrogens (primary N) is 1. The third-order valence-corrected chi connectivity index (χ3v) is 2.97. The molecule has 0 bridgehead atoms. The van der Waals surface area contributed by atoms with Gasteiger partial charge in [-0.3, -0.25) is 9.59 Å². The maximum atomic E-state index is 11.8. The van der Waals surface area contributed by atoms with Crippen LogP contribution in [-0.2, 0) is 16.0 Å². The first-order chi connectivity index (χ1) is 9.52. The number of amides is 2. The second kappa shape index (κ2) is 7.95. The molecule has 2 atom stereocenters. The van der Waals surface area contributed by atoms with Crippen molar-refractivity contribution in [3.8, 4) is 6.07 Å². The molecular formula is C15H19N3O2. The zero-order valence-electron chi connectivity index (χ0n) is 11.5. The molecule has 0 fully saturated rings. The Bertz CT molecular complexity index is 494. The number of benzene rings is 1. The Hall–Kier alpha value is -2.35. The van der Waals surface area contributed by atoms with E-state index in [2.05, 4.69) is 5.32 Å².